The van der Waals surface area contributed by atoms with E-state index in [0.717, 1.165) is 11.2 Å². The predicted molar refractivity (Wildman–Crippen MR) is 40.3 cm³/mol. The van der Waals surface area contributed by atoms with Crippen LogP contribution in [-0.4, -0.2) is 11.0 Å². The maximum absolute atomic E-state index is 2.29. The maximum atomic E-state index is 2.29. The molecule has 1 aliphatic rings. The lowest BCUT2D eigenvalue weighted by atomic mass is 10.3. The van der Waals surface area contributed by atoms with Crippen molar-refractivity contribution >= 4 is 11.8 Å². The molecule has 0 saturated heterocycles. The fraction of sp³-hybridized carbons (Fsp3) is 1.00. The minimum absolute atomic E-state index is 0.889. The van der Waals surface area contributed by atoms with Crippen LogP contribution in [0.1, 0.15) is 26.7 Å². The Balaban J connectivity index is 1.87. The predicted octanol–water partition coefficient (Wildman–Crippen LogP) is 2.54. The number of thioether (sulfide) groups is 1. The lowest BCUT2D eigenvalue weighted by Gasteiger charge is -2.00. The third-order valence-electron chi connectivity index (χ3n) is 1.19. The molecule has 8 heavy (non-hydrogen) atoms. The molecule has 0 amide bonds. The van der Waals surface area contributed by atoms with Gasteiger partial charge in [0.1, 0.15) is 0 Å². The molecule has 0 spiro atoms. The molecule has 0 bridgehead atoms. The Morgan fingerprint density at radius 2 is 2.12 bits per heavy atom. The van der Waals surface area contributed by atoms with Gasteiger partial charge in [0, 0.05) is 5.25 Å². The first-order chi connectivity index (χ1) is 3.79. The van der Waals surface area contributed by atoms with Crippen LogP contribution in [0.25, 0.3) is 0 Å². The zero-order valence-electron chi connectivity index (χ0n) is 5.68. The van der Waals surface area contributed by atoms with E-state index in [4.69, 9.17) is 0 Å². The fourth-order valence-electron chi connectivity index (χ4n) is 0.563. The summed E-state index contributed by atoms with van der Waals surface area (Å²) in [6.45, 7) is 4.57. The fourth-order valence-corrected chi connectivity index (χ4v) is 1.69. The van der Waals surface area contributed by atoms with E-state index in [-0.39, 0.29) is 0 Å². The van der Waals surface area contributed by atoms with Gasteiger partial charge in [0.15, 0.2) is 0 Å². The van der Waals surface area contributed by atoms with Crippen molar-refractivity contribution in [2.45, 2.75) is 31.9 Å². The Labute approximate surface area is 56.0 Å². The van der Waals surface area contributed by atoms with Crippen molar-refractivity contribution in [2.24, 2.45) is 5.92 Å². The van der Waals surface area contributed by atoms with Crippen molar-refractivity contribution in [1.82, 2.24) is 0 Å². The van der Waals surface area contributed by atoms with E-state index in [2.05, 4.69) is 25.6 Å². The molecule has 48 valence electrons. The molecule has 1 aliphatic carbocycles. The van der Waals surface area contributed by atoms with Gasteiger partial charge >= 0.3 is 0 Å². The van der Waals surface area contributed by atoms with Crippen LogP contribution in [0.2, 0.25) is 0 Å². The Bertz CT molecular complexity index is 62.8. The molecule has 0 aliphatic heterocycles. The highest BCUT2D eigenvalue weighted by Crippen LogP contribution is 2.34. The van der Waals surface area contributed by atoms with Crippen LogP contribution in [0, 0.1) is 5.92 Å². The summed E-state index contributed by atoms with van der Waals surface area (Å²) in [6.07, 6.45) is 2.97. The number of hydrogen-bond acceptors (Lipinski definition) is 1. The van der Waals surface area contributed by atoms with Crippen molar-refractivity contribution in [1.29, 1.82) is 0 Å². The van der Waals surface area contributed by atoms with Crippen LogP contribution >= 0.6 is 11.8 Å². The molecule has 0 unspecified atom stereocenters. The molecule has 0 atom stereocenters. The minimum atomic E-state index is 0.889. The first kappa shape index (κ1) is 6.47. The Morgan fingerprint density at radius 1 is 1.50 bits per heavy atom. The molecule has 0 nitrogen and oxygen atoms in total. The summed E-state index contributed by atoms with van der Waals surface area (Å²) in [5, 5.41) is 1.05. The topological polar surface area (TPSA) is 0 Å². The summed E-state index contributed by atoms with van der Waals surface area (Å²) in [7, 11) is 0. The number of rotatable bonds is 3. The average molecular weight is 130 g/mol. The van der Waals surface area contributed by atoms with Gasteiger partial charge in [-0.15, -0.1) is 0 Å². The van der Waals surface area contributed by atoms with Gasteiger partial charge in [-0.1, -0.05) is 13.8 Å². The van der Waals surface area contributed by atoms with Crippen molar-refractivity contribution in [2.75, 3.05) is 5.75 Å². The minimum Gasteiger partial charge on any atom is -0.158 e. The van der Waals surface area contributed by atoms with Gasteiger partial charge in [-0.05, 0) is 24.5 Å². The molecule has 1 heteroatoms. The summed E-state index contributed by atoms with van der Waals surface area (Å²) in [4.78, 5) is 0. The van der Waals surface area contributed by atoms with Crippen molar-refractivity contribution < 1.29 is 0 Å². The largest absolute Gasteiger partial charge is 0.158 e. The van der Waals surface area contributed by atoms with Crippen LogP contribution in [0.4, 0.5) is 0 Å². The average Bonchev–Trinajstić information content (AvgIpc) is 2.41. The van der Waals surface area contributed by atoms with Crippen LogP contribution < -0.4 is 0 Å². The summed E-state index contributed by atoms with van der Waals surface area (Å²) < 4.78 is 0. The standard InChI is InChI=1S/C7H14S/c1-6(2)5-8-7-3-4-7/h6-7H,3-5H2,1-2H3. The summed E-state index contributed by atoms with van der Waals surface area (Å²) in [6, 6.07) is 0. The molecule has 0 aromatic heterocycles. The normalized spacial score (nSPS) is 19.9. The van der Waals surface area contributed by atoms with Crippen LogP contribution in [0.5, 0.6) is 0 Å². The molecule has 0 heterocycles. The number of hydrogen-bond donors (Lipinski definition) is 0. The van der Waals surface area contributed by atoms with E-state index >= 15 is 0 Å². The monoisotopic (exact) mass is 130 g/mol. The van der Waals surface area contributed by atoms with Crippen molar-refractivity contribution in [3.63, 3.8) is 0 Å². The van der Waals surface area contributed by atoms with Gasteiger partial charge in [-0.2, -0.15) is 11.8 Å². The first-order valence-electron chi connectivity index (χ1n) is 3.40. The molecule has 1 saturated carbocycles. The summed E-state index contributed by atoms with van der Waals surface area (Å²) >= 11 is 2.15. The molecule has 1 rings (SSSR count). The molecular weight excluding hydrogens is 116 g/mol. The van der Waals surface area contributed by atoms with Crippen LogP contribution in [0.3, 0.4) is 0 Å². The highest BCUT2D eigenvalue weighted by molar-refractivity contribution is 8.00. The maximum Gasteiger partial charge on any atom is 0.00479 e. The van der Waals surface area contributed by atoms with E-state index in [1.807, 2.05) is 0 Å². The molecule has 0 aromatic carbocycles. The van der Waals surface area contributed by atoms with Crippen molar-refractivity contribution in [3.8, 4) is 0 Å². The third-order valence-corrected chi connectivity index (χ3v) is 2.99. The van der Waals surface area contributed by atoms with E-state index in [1.165, 1.54) is 18.6 Å². The van der Waals surface area contributed by atoms with Gasteiger partial charge in [0.25, 0.3) is 0 Å². The lowest BCUT2D eigenvalue weighted by Crippen LogP contribution is -1.90. The third kappa shape index (κ3) is 2.61. The van der Waals surface area contributed by atoms with Gasteiger partial charge < -0.3 is 0 Å². The van der Waals surface area contributed by atoms with E-state index in [0.29, 0.717) is 0 Å². The molecule has 0 aromatic rings. The van der Waals surface area contributed by atoms with Crippen molar-refractivity contribution in [3.05, 3.63) is 0 Å². The smallest absolute Gasteiger partial charge is 0.00479 e. The summed E-state index contributed by atoms with van der Waals surface area (Å²) in [5.41, 5.74) is 0. The van der Waals surface area contributed by atoms with Gasteiger partial charge in [0.05, 0.1) is 0 Å². The summed E-state index contributed by atoms with van der Waals surface area (Å²) in [5.74, 6) is 2.26. The highest BCUT2D eigenvalue weighted by atomic mass is 32.2. The quantitative estimate of drug-likeness (QED) is 0.565. The molecule has 0 N–H and O–H groups in total. The SMILES string of the molecule is CC(C)CSC1CC1. The second-order valence-electron chi connectivity index (χ2n) is 2.93. The zero-order chi connectivity index (χ0) is 5.98. The zero-order valence-corrected chi connectivity index (χ0v) is 6.50. The Morgan fingerprint density at radius 3 is 2.50 bits per heavy atom. The van der Waals surface area contributed by atoms with Crippen LogP contribution in [0.15, 0.2) is 0 Å². The first-order valence-corrected chi connectivity index (χ1v) is 4.45. The van der Waals surface area contributed by atoms with Gasteiger partial charge in [-0.25, -0.2) is 0 Å². The van der Waals surface area contributed by atoms with Crippen LogP contribution in [-0.2, 0) is 0 Å². The molecule has 0 radical (unpaired) electrons. The second-order valence-corrected chi connectivity index (χ2v) is 4.26. The molecular formula is C7H14S. The second kappa shape index (κ2) is 2.77. The van der Waals surface area contributed by atoms with E-state index in [1.54, 1.807) is 0 Å². The van der Waals surface area contributed by atoms with E-state index < -0.39 is 0 Å². The van der Waals surface area contributed by atoms with Gasteiger partial charge in [0.2, 0.25) is 0 Å². The van der Waals surface area contributed by atoms with Gasteiger partial charge in [-0.3, -0.25) is 0 Å². The highest BCUT2D eigenvalue weighted by Gasteiger charge is 2.21. The molecule has 1 fully saturated rings. The Kier molecular flexibility index (Phi) is 2.24. The lowest BCUT2D eigenvalue weighted by molar-refractivity contribution is 0.750. The Hall–Kier alpha value is 0.350. The van der Waals surface area contributed by atoms with E-state index in [9.17, 15) is 0 Å².